The molecular formula is C20H24N2O4S2. The van der Waals surface area contributed by atoms with Gasteiger partial charge in [0.05, 0.1) is 15.1 Å². The van der Waals surface area contributed by atoms with Crippen molar-refractivity contribution in [2.45, 2.75) is 31.1 Å². The van der Waals surface area contributed by atoms with Crippen LogP contribution in [0.15, 0.2) is 52.2 Å². The van der Waals surface area contributed by atoms with Crippen molar-refractivity contribution in [2.24, 2.45) is 7.05 Å². The molecule has 0 aliphatic carbocycles. The summed E-state index contributed by atoms with van der Waals surface area (Å²) in [6, 6.07) is 12.4. The van der Waals surface area contributed by atoms with Crippen molar-refractivity contribution in [2.75, 3.05) is 13.2 Å². The van der Waals surface area contributed by atoms with Crippen LogP contribution in [0.3, 0.4) is 0 Å². The fourth-order valence-corrected chi connectivity index (χ4v) is 4.95. The number of aryl methyl sites for hydroxylation is 1. The zero-order valence-electron chi connectivity index (χ0n) is 16.4. The van der Waals surface area contributed by atoms with Crippen LogP contribution in [0.2, 0.25) is 0 Å². The predicted octanol–water partition coefficient (Wildman–Crippen LogP) is 3.25. The van der Waals surface area contributed by atoms with Gasteiger partial charge in [-0.1, -0.05) is 50.3 Å². The molecule has 0 saturated carbocycles. The first-order valence-electron chi connectivity index (χ1n) is 8.91. The van der Waals surface area contributed by atoms with Crippen molar-refractivity contribution in [3.05, 3.63) is 57.7 Å². The van der Waals surface area contributed by atoms with Gasteiger partial charge < -0.3 is 9.30 Å². The van der Waals surface area contributed by atoms with Gasteiger partial charge in [-0.15, -0.1) is 0 Å². The first kappa shape index (κ1) is 20.6. The van der Waals surface area contributed by atoms with E-state index in [0.29, 0.717) is 4.70 Å². The Kier molecular flexibility index (Phi) is 5.65. The molecule has 0 fully saturated rings. The molecule has 2 aromatic carbocycles. The Hall–Kier alpha value is -2.16. The van der Waals surface area contributed by atoms with Gasteiger partial charge in [-0.25, -0.2) is 13.1 Å². The van der Waals surface area contributed by atoms with Crippen molar-refractivity contribution in [1.29, 1.82) is 0 Å². The molecule has 28 heavy (non-hydrogen) atoms. The van der Waals surface area contributed by atoms with E-state index in [1.54, 1.807) is 13.1 Å². The van der Waals surface area contributed by atoms with Gasteiger partial charge in [-0.05, 0) is 35.2 Å². The van der Waals surface area contributed by atoms with Crippen LogP contribution in [-0.4, -0.2) is 26.1 Å². The second-order valence-electron chi connectivity index (χ2n) is 7.55. The number of rotatable bonds is 6. The van der Waals surface area contributed by atoms with E-state index in [9.17, 15) is 13.2 Å². The molecule has 1 aromatic heterocycles. The molecule has 3 rings (SSSR count). The molecule has 0 amide bonds. The minimum Gasteiger partial charge on any atom is -0.492 e. The van der Waals surface area contributed by atoms with Gasteiger partial charge >= 0.3 is 4.87 Å². The number of hydrogen-bond acceptors (Lipinski definition) is 5. The van der Waals surface area contributed by atoms with Crippen molar-refractivity contribution in [3.63, 3.8) is 0 Å². The number of benzene rings is 2. The van der Waals surface area contributed by atoms with Crippen LogP contribution >= 0.6 is 11.3 Å². The number of hydrogen-bond donors (Lipinski definition) is 1. The zero-order valence-corrected chi connectivity index (χ0v) is 18.0. The fourth-order valence-electron chi connectivity index (χ4n) is 2.91. The SMILES string of the molecule is Cn1c(=O)sc2cc(S(=O)(=O)NCCOc3ccccc3C(C)(C)C)ccc21. The summed E-state index contributed by atoms with van der Waals surface area (Å²) in [6.45, 7) is 6.67. The van der Waals surface area contributed by atoms with Crippen molar-refractivity contribution >= 4 is 31.6 Å². The Labute approximate surface area is 168 Å². The number of thiazole rings is 1. The largest absolute Gasteiger partial charge is 0.492 e. The Morgan fingerprint density at radius 2 is 1.86 bits per heavy atom. The van der Waals surface area contributed by atoms with Crippen LogP contribution in [0.5, 0.6) is 5.75 Å². The number of sulfonamides is 1. The first-order valence-corrected chi connectivity index (χ1v) is 11.2. The normalized spacial score (nSPS) is 12.4. The Morgan fingerprint density at radius 3 is 2.57 bits per heavy atom. The van der Waals surface area contributed by atoms with Gasteiger partial charge in [0.25, 0.3) is 0 Å². The Bertz CT molecular complexity index is 1150. The molecular weight excluding hydrogens is 396 g/mol. The monoisotopic (exact) mass is 420 g/mol. The van der Waals surface area contributed by atoms with E-state index in [1.165, 1.54) is 16.7 Å². The predicted molar refractivity (Wildman–Crippen MR) is 113 cm³/mol. The maximum Gasteiger partial charge on any atom is 0.307 e. The van der Waals surface area contributed by atoms with Gasteiger partial charge in [-0.3, -0.25) is 4.79 Å². The summed E-state index contributed by atoms with van der Waals surface area (Å²) in [5.41, 5.74) is 1.72. The summed E-state index contributed by atoms with van der Waals surface area (Å²) >= 11 is 1.03. The lowest BCUT2D eigenvalue weighted by atomic mass is 9.86. The highest BCUT2D eigenvalue weighted by Gasteiger charge is 2.19. The molecule has 0 saturated heterocycles. The molecule has 0 aliphatic rings. The molecule has 0 atom stereocenters. The van der Waals surface area contributed by atoms with E-state index in [0.717, 1.165) is 28.2 Å². The highest BCUT2D eigenvalue weighted by molar-refractivity contribution is 7.89. The van der Waals surface area contributed by atoms with Gasteiger partial charge in [-0.2, -0.15) is 0 Å². The van der Waals surface area contributed by atoms with Crippen LogP contribution in [0.25, 0.3) is 10.2 Å². The maximum absolute atomic E-state index is 12.6. The Balaban J connectivity index is 1.67. The van der Waals surface area contributed by atoms with Crippen molar-refractivity contribution in [1.82, 2.24) is 9.29 Å². The fraction of sp³-hybridized carbons (Fsp3) is 0.350. The lowest BCUT2D eigenvalue weighted by molar-refractivity contribution is 0.314. The van der Waals surface area contributed by atoms with Crippen LogP contribution in [0.4, 0.5) is 0 Å². The lowest BCUT2D eigenvalue weighted by Gasteiger charge is -2.22. The number of fused-ring (bicyclic) bond motifs is 1. The molecule has 0 unspecified atom stereocenters. The van der Waals surface area contributed by atoms with E-state index in [2.05, 4.69) is 25.5 Å². The standard InChI is InChI=1S/C20H24N2O4S2/c1-20(2,3)15-7-5-6-8-17(15)26-12-11-21-28(24,25)14-9-10-16-18(13-14)27-19(23)22(16)4/h5-10,13,21H,11-12H2,1-4H3. The van der Waals surface area contributed by atoms with Gasteiger partial charge in [0.1, 0.15) is 12.4 Å². The molecule has 3 aromatic rings. The third kappa shape index (κ3) is 4.29. The molecule has 0 spiro atoms. The minimum atomic E-state index is -3.68. The number of ether oxygens (including phenoxy) is 1. The third-order valence-corrected chi connectivity index (χ3v) is 6.87. The lowest BCUT2D eigenvalue weighted by Crippen LogP contribution is -2.28. The quantitative estimate of drug-likeness (QED) is 0.621. The van der Waals surface area contributed by atoms with Crippen molar-refractivity contribution in [3.8, 4) is 5.75 Å². The van der Waals surface area contributed by atoms with Crippen LogP contribution in [0, 0.1) is 0 Å². The van der Waals surface area contributed by atoms with Gasteiger partial charge in [0.15, 0.2) is 0 Å². The van der Waals surface area contributed by atoms with Crippen LogP contribution in [0.1, 0.15) is 26.3 Å². The zero-order chi connectivity index (χ0) is 20.5. The molecule has 0 bridgehead atoms. The minimum absolute atomic E-state index is 0.0667. The van der Waals surface area contributed by atoms with E-state index in [4.69, 9.17) is 4.74 Å². The second-order valence-corrected chi connectivity index (χ2v) is 10.3. The molecule has 0 aliphatic heterocycles. The Morgan fingerprint density at radius 1 is 1.14 bits per heavy atom. The summed E-state index contributed by atoms with van der Waals surface area (Å²) in [5, 5.41) is 0. The van der Waals surface area contributed by atoms with E-state index in [-0.39, 0.29) is 28.3 Å². The molecule has 6 nitrogen and oxygen atoms in total. The summed E-state index contributed by atoms with van der Waals surface area (Å²) in [5.74, 6) is 0.754. The van der Waals surface area contributed by atoms with Crippen LogP contribution in [-0.2, 0) is 22.5 Å². The highest BCUT2D eigenvalue weighted by atomic mass is 32.2. The van der Waals surface area contributed by atoms with E-state index < -0.39 is 10.0 Å². The number of nitrogens with zero attached hydrogens (tertiary/aromatic N) is 1. The molecule has 1 N–H and O–H groups in total. The average Bonchev–Trinajstić information content (AvgIpc) is 2.92. The van der Waals surface area contributed by atoms with Crippen molar-refractivity contribution < 1.29 is 13.2 Å². The summed E-state index contributed by atoms with van der Waals surface area (Å²) in [7, 11) is -2.02. The molecule has 0 radical (unpaired) electrons. The number of para-hydroxylation sites is 1. The average molecular weight is 421 g/mol. The third-order valence-electron chi connectivity index (χ3n) is 4.42. The maximum atomic E-state index is 12.6. The first-order chi connectivity index (χ1) is 13.1. The van der Waals surface area contributed by atoms with E-state index in [1.807, 2.05) is 24.3 Å². The summed E-state index contributed by atoms with van der Waals surface area (Å²) < 4.78 is 35.6. The van der Waals surface area contributed by atoms with Gasteiger partial charge in [0.2, 0.25) is 10.0 Å². The highest BCUT2D eigenvalue weighted by Crippen LogP contribution is 2.30. The van der Waals surface area contributed by atoms with E-state index >= 15 is 0 Å². The second kappa shape index (κ2) is 7.69. The smallest absolute Gasteiger partial charge is 0.307 e. The summed E-state index contributed by atoms with van der Waals surface area (Å²) in [6.07, 6.45) is 0. The molecule has 8 heteroatoms. The number of aromatic nitrogens is 1. The molecule has 150 valence electrons. The molecule has 1 heterocycles. The summed E-state index contributed by atoms with van der Waals surface area (Å²) in [4.78, 5) is 11.8. The van der Waals surface area contributed by atoms with Gasteiger partial charge in [0, 0.05) is 13.6 Å². The topological polar surface area (TPSA) is 77.4 Å². The number of nitrogens with one attached hydrogen (secondary N) is 1. The van der Waals surface area contributed by atoms with Crippen LogP contribution < -0.4 is 14.3 Å².